The first kappa shape index (κ1) is 11.8. The molecule has 0 spiro atoms. The molecule has 17 heavy (non-hydrogen) atoms. The summed E-state index contributed by atoms with van der Waals surface area (Å²) in [4.78, 5) is 0. The standard InChI is InChI=1S/C14H9ClF2/c15-12-5-1-10(2-6-12)9-14(17)11-3-7-13(16)8-4-11/h1-9H/b14-9-. The van der Waals surface area contributed by atoms with Crippen molar-refractivity contribution < 1.29 is 8.78 Å². The molecular formula is C14H9ClF2. The minimum Gasteiger partial charge on any atom is -0.207 e. The second kappa shape index (κ2) is 5.11. The molecule has 0 N–H and O–H groups in total. The Morgan fingerprint density at radius 2 is 1.53 bits per heavy atom. The van der Waals surface area contributed by atoms with E-state index in [9.17, 15) is 8.78 Å². The van der Waals surface area contributed by atoms with Crippen molar-refractivity contribution in [2.45, 2.75) is 0 Å². The van der Waals surface area contributed by atoms with Crippen LogP contribution >= 0.6 is 11.6 Å². The molecule has 0 amide bonds. The summed E-state index contributed by atoms with van der Waals surface area (Å²) < 4.78 is 26.4. The zero-order valence-electron chi connectivity index (χ0n) is 8.83. The lowest BCUT2D eigenvalue weighted by atomic mass is 10.1. The molecule has 0 saturated heterocycles. The van der Waals surface area contributed by atoms with Crippen LogP contribution in [0, 0.1) is 5.82 Å². The van der Waals surface area contributed by atoms with E-state index in [1.54, 1.807) is 24.3 Å². The molecule has 0 aliphatic carbocycles. The van der Waals surface area contributed by atoms with Crippen molar-refractivity contribution in [1.29, 1.82) is 0 Å². The molecule has 0 bridgehead atoms. The Morgan fingerprint density at radius 3 is 2.12 bits per heavy atom. The van der Waals surface area contributed by atoms with E-state index in [0.29, 0.717) is 16.1 Å². The van der Waals surface area contributed by atoms with Gasteiger partial charge in [-0.05, 0) is 48.0 Å². The number of hydrogen-bond donors (Lipinski definition) is 0. The van der Waals surface area contributed by atoms with Gasteiger partial charge in [0.25, 0.3) is 0 Å². The summed E-state index contributed by atoms with van der Waals surface area (Å²) in [5.41, 5.74) is 1.05. The topological polar surface area (TPSA) is 0 Å². The average Bonchev–Trinajstić information content (AvgIpc) is 2.33. The maximum Gasteiger partial charge on any atom is 0.131 e. The van der Waals surface area contributed by atoms with Crippen LogP contribution in [0.3, 0.4) is 0 Å². The van der Waals surface area contributed by atoms with Gasteiger partial charge in [-0.1, -0.05) is 23.7 Å². The zero-order valence-corrected chi connectivity index (χ0v) is 9.59. The Morgan fingerprint density at radius 1 is 0.941 bits per heavy atom. The summed E-state index contributed by atoms with van der Waals surface area (Å²) in [6.07, 6.45) is 1.38. The molecule has 0 atom stereocenters. The van der Waals surface area contributed by atoms with Crippen LogP contribution in [-0.2, 0) is 0 Å². The molecule has 86 valence electrons. The van der Waals surface area contributed by atoms with Crippen LogP contribution in [0.1, 0.15) is 11.1 Å². The molecule has 0 radical (unpaired) electrons. The summed E-state index contributed by atoms with van der Waals surface area (Å²) in [6.45, 7) is 0. The van der Waals surface area contributed by atoms with E-state index >= 15 is 0 Å². The summed E-state index contributed by atoms with van der Waals surface area (Å²) >= 11 is 5.73. The Kier molecular flexibility index (Phi) is 3.55. The Bertz CT molecular complexity index is 527. The van der Waals surface area contributed by atoms with Gasteiger partial charge < -0.3 is 0 Å². The van der Waals surface area contributed by atoms with Gasteiger partial charge in [0.05, 0.1) is 0 Å². The van der Waals surface area contributed by atoms with Crippen molar-refractivity contribution in [2.75, 3.05) is 0 Å². The van der Waals surface area contributed by atoms with Crippen LogP contribution < -0.4 is 0 Å². The highest BCUT2D eigenvalue weighted by atomic mass is 35.5. The molecule has 2 aromatic rings. The van der Waals surface area contributed by atoms with Crippen molar-refractivity contribution in [1.82, 2.24) is 0 Å². The fraction of sp³-hybridized carbons (Fsp3) is 0. The molecule has 2 rings (SSSR count). The number of rotatable bonds is 2. The van der Waals surface area contributed by atoms with Crippen LogP contribution in [-0.4, -0.2) is 0 Å². The number of halogens is 3. The molecule has 0 aliphatic heterocycles. The highest BCUT2D eigenvalue weighted by Crippen LogP contribution is 2.20. The third-order valence-corrected chi connectivity index (χ3v) is 2.54. The van der Waals surface area contributed by atoms with Gasteiger partial charge in [0.1, 0.15) is 11.6 Å². The molecular weight excluding hydrogens is 242 g/mol. The molecule has 0 aromatic heterocycles. The molecule has 0 fully saturated rings. The molecule has 0 nitrogen and oxygen atoms in total. The molecule has 0 heterocycles. The third-order valence-electron chi connectivity index (χ3n) is 2.28. The van der Waals surface area contributed by atoms with Gasteiger partial charge in [0.15, 0.2) is 0 Å². The highest BCUT2D eigenvalue weighted by molar-refractivity contribution is 6.30. The molecule has 2 aromatic carbocycles. The van der Waals surface area contributed by atoms with Crippen molar-refractivity contribution in [3.05, 3.63) is 70.5 Å². The lowest BCUT2D eigenvalue weighted by molar-refractivity contribution is 0.627. The first-order valence-electron chi connectivity index (χ1n) is 5.04. The quantitative estimate of drug-likeness (QED) is 0.662. The zero-order chi connectivity index (χ0) is 12.3. The van der Waals surface area contributed by atoms with Gasteiger partial charge in [-0.2, -0.15) is 0 Å². The molecule has 0 aliphatic rings. The fourth-order valence-electron chi connectivity index (χ4n) is 1.40. The summed E-state index contributed by atoms with van der Waals surface area (Å²) in [6, 6.07) is 12.1. The molecule has 0 unspecified atom stereocenters. The van der Waals surface area contributed by atoms with Gasteiger partial charge in [0, 0.05) is 10.6 Å². The van der Waals surface area contributed by atoms with E-state index in [4.69, 9.17) is 11.6 Å². The van der Waals surface area contributed by atoms with Crippen LogP contribution in [0.15, 0.2) is 48.5 Å². The van der Waals surface area contributed by atoms with Gasteiger partial charge in [-0.15, -0.1) is 0 Å². The van der Waals surface area contributed by atoms with Crippen LogP contribution in [0.4, 0.5) is 8.78 Å². The highest BCUT2D eigenvalue weighted by Gasteiger charge is 2.00. The van der Waals surface area contributed by atoms with E-state index in [0.717, 1.165) is 0 Å². The van der Waals surface area contributed by atoms with Crippen LogP contribution in [0.5, 0.6) is 0 Å². The van der Waals surface area contributed by atoms with E-state index in [-0.39, 0.29) is 5.82 Å². The minimum atomic E-state index is -0.410. The van der Waals surface area contributed by atoms with E-state index < -0.39 is 5.83 Å². The minimum absolute atomic E-state index is 0.348. The van der Waals surface area contributed by atoms with Crippen molar-refractivity contribution in [3.63, 3.8) is 0 Å². The maximum absolute atomic E-state index is 13.8. The summed E-state index contributed by atoms with van der Waals surface area (Å²) in [7, 11) is 0. The Labute approximate surface area is 103 Å². The van der Waals surface area contributed by atoms with Gasteiger partial charge >= 0.3 is 0 Å². The molecule has 0 saturated carbocycles. The SMILES string of the molecule is F/C(=C\c1ccc(Cl)cc1)c1ccc(F)cc1. The second-order valence-electron chi connectivity index (χ2n) is 3.55. The Balaban J connectivity index is 2.27. The predicted octanol–water partition coefficient (Wildman–Crippen LogP) is 4.95. The van der Waals surface area contributed by atoms with Gasteiger partial charge in [0.2, 0.25) is 0 Å². The number of benzene rings is 2. The Hall–Kier alpha value is -1.67. The van der Waals surface area contributed by atoms with Gasteiger partial charge in [-0.3, -0.25) is 0 Å². The van der Waals surface area contributed by atoms with Gasteiger partial charge in [-0.25, -0.2) is 8.78 Å². The average molecular weight is 251 g/mol. The van der Waals surface area contributed by atoms with E-state index in [2.05, 4.69) is 0 Å². The first-order chi connectivity index (χ1) is 8.15. The lowest BCUT2D eigenvalue weighted by Gasteiger charge is -1.99. The maximum atomic E-state index is 13.8. The van der Waals surface area contributed by atoms with Crippen molar-refractivity contribution in [3.8, 4) is 0 Å². The second-order valence-corrected chi connectivity index (χ2v) is 3.99. The normalized spacial score (nSPS) is 11.6. The molecule has 3 heteroatoms. The summed E-state index contributed by atoms with van der Waals surface area (Å²) in [5.74, 6) is -0.791. The summed E-state index contributed by atoms with van der Waals surface area (Å²) in [5, 5.41) is 0.601. The van der Waals surface area contributed by atoms with Crippen LogP contribution in [0.25, 0.3) is 11.9 Å². The lowest BCUT2D eigenvalue weighted by Crippen LogP contribution is -1.80. The van der Waals surface area contributed by atoms with E-state index in [1.165, 1.54) is 30.3 Å². The van der Waals surface area contributed by atoms with Crippen molar-refractivity contribution >= 4 is 23.5 Å². The predicted molar refractivity (Wildman–Crippen MR) is 66.8 cm³/mol. The first-order valence-corrected chi connectivity index (χ1v) is 5.41. The third kappa shape index (κ3) is 3.14. The largest absolute Gasteiger partial charge is 0.207 e. The monoisotopic (exact) mass is 250 g/mol. The smallest absolute Gasteiger partial charge is 0.131 e. The fourth-order valence-corrected chi connectivity index (χ4v) is 1.52. The van der Waals surface area contributed by atoms with E-state index in [1.807, 2.05) is 0 Å². The van der Waals surface area contributed by atoms with Crippen molar-refractivity contribution in [2.24, 2.45) is 0 Å². The number of hydrogen-bond acceptors (Lipinski definition) is 0. The van der Waals surface area contributed by atoms with Crippen LogP contribution in [0.2, 0.25) is 5.02 Å².